The van der Waals surface area contributed by atoms with Gasteiger partial charge in [-0.1, -0.05) is 81.4 Å². The topological polar surface area (TPSA) is 43.4 Å². The van der Waals surface area contributed by atoms with E-state index in [0.717, 1.165) is 11.1 Å². The Kier molecular flexibility index (Phi) is 4.69. The van der Waals surface area contributed by atoms with Crippen LogP contribution in [0.5, 0.6) is 0 Å². The van der Waals surface area contributed by atoms with Crippen LogP contribution in [0, 0.1) is 5.41 Å². The molecule has 3 heteroatoms. The number of carbonyl (C=O) groups excluding carboxylic acids is 2. The van der Waals surface area contributed by atoms with Crippen molar-refractivity contribution in [3.8, 4) is 0 Å². The van der Waals surface area contributed by atoms with E-state index < -0.39 is 22.6 Å². The van der Waals surface area contributed by atoms with E-state index in [-0.39, 0.29) is 0 Å². The molecular formula is C20H22O3. The second-order valence-corrected chi connectivity index (χ2v) is 6.55. The summed E-state index contributed by atoms with van der Waals surface area (Å²) in [6, 6.07) is 18.9. The van der Waals surface area contributed by atoms with Gasteiger partial charge in [-0.15, -0.1) is 0 Å². The molecule has 0 amide bonds. The number of esters is 1. The molecule has 0 bridgehead atoms. The zero-order valence-corrected chi connectivity index (χ0v) is 14.0. The van der Waals surface area contributed by atoms with E-state index in [9.17, 15) is 9.59 Å². The predicted octanol–water partition coefficient (Wildman–Crippen LogP) is 3.76. The van der Waals surface area contributed by atoms with Crippen LogP contribution in [0.4, 0.5) is 0 Å². The molecule has 2 aromatic rings. The first-order valence-corrected chi connectivity index (χ1v) is 7.59. The van der Waals surface area contributed by atoms with E-state index in [1.54, 1.807) is 0 Å². The quantitative estimate of drug-likeness (QED) is 0.638. The molecule has 0 atom stereocenters. The molecule has 0 aliphatic carbocycles. The Hall–Kier alpha value is -2.42. The summed E-state index contributed by atoms with van der Waals surface area (Å²) in [4.78, 5) is 25.3. The van der Waals surface area contributed by atoms with Crippen molar-refractivity contribution in [3.05, 3.63) is 71.8 Å². The summed E-state index contributed by atoms with van der Waals surface area (Å²) >= 11 is 0. The summed E-state index contributed by atoms with van der Waals surface area (Å²) < 4.78 is 4.77. The van der Waals surface area contributed by atoms with Gasteiger partial charge in [0.1, 0.15) is 0 Å². The summed E-state index contributed by atoms with van der Waals surface area (Å²) in [6.07, 6.45) is 0. The maximum atomic E-state index is 13.2. The Morgan fingerprint density at radius 1 is 0.783 bits per heavy atom. The van der Waals surface area contributed by atoms with Crippen molar-refractivity contribution in [2.45, 2.75) is 26.2 Å². The Morgan fingerprint density at radius 3 is 1.48 bits per heavy atom. The molecule has 0 aliphatic rings. The van der Waals surface area contributed by atoms with Crippen LogP contribution in [-0.2, 0) is 19.7 Å². The van der Waals surface area contributed by atoms with Gasteiger partial charge in [0.05, 0.1) is 12.5 Å². The first-order chi connectivity index (χ1) is 10.9. The molecule has 0 heterocycles. The molecule has 0 fully saturated rings. The third-order valence-corrected chi connectivity index (χ3v) is 4.25. The number of hydrogen-bond donors (Lipinski definition) is 0. The second kappa shape index (κ2) is 6.37. The van der Waals surface area contributed by atoms with Crippen LogP contribution in [0.1, 0.15) is 31.9 Å². The van der Waals surface area contributed by atoms with E-state index in [1.807, 2.05) is 81.4 Å². The summed E-state index contributed by atoms with van der Waals surface area (Å²) in [7, 11) is 1.24. The van der Waals surface area contributed by atoms with Crippen LogP contribution in [0.2, 0.25) is 0 Å². The highest BCUT2D eigenvalue weighted by Crippen LogP contribution is 2.47. The zero-order valence-electron chi connectivity index (χ0n) is 14.0. The van der Waals surface area contributed by atoms with Crippen LogP contribution in [0.25, 0.3) is 0 Å². The van der Waals surface area contributed by atoms with E-state index in [4.69, 9.17) is 4.74 Å². The van der Waals surface area contributed by atoms with E-state index in [1.165, 1.54) is 7.11 Å². The van der Waals surface area contributed by atoms with Gasteiger partial charge in [-0.3, -0.25) is 4.79 Å². The van der Waals surface area contributed by atoms with Gasteiger partial charge in [-0.2, -0.15) is 0 Å². The maximum Gasteiger partial charge on any atom is 0.375 e. The molecule has 23 heavy (non-hydrogen) atoms. The molecule has 0 radical (unpaired) electrons. The highest BCUT2D eigenvalue weighted by molar-refractivity contribution is 6.38. The number of ether oxygens (including phenoxy) is 1. The fourth-order valence-electron chi connectivity index (χ4n) is 3.26. The molecule has 0 N–H and O–H groups in total. The minimum absolute atomic E-state index is 0.527. The summed E-state index contributed by atoms with van der Waals surface area (Å²) in [5.41, 5.74) is -0.0629. The average molecular weight is 310 g/mol. The lowest BCUT2D eigenvalue weighted by atomic mass is 9.57. The maximum absolute atomic E-state index is 13.2. The van der Waals surface area contributed by atoms with Crippen molar-refractivity contribution in [1.29, 1.82) is 0 Å². The molecule has 2 rings (SSSR count). The van der Waals surface area contributed by atoms with Crippen molar-refractivity contribution >= 4 is 11.8 Å². The number of hydrogen-bond acceptors (Lipinski definition) is 3. The van der Waals surface area contributed by atoms with Crippen molar-refractivity contribution in [2.24, 2.45) is 5.41 Å². The molecule has 0 aliphatic heterocycles. The van der Waals surface area contributed by atoms with Gasteiger partial charge in [-0.05, 0) is 16.5 Å². The molecule has 3 nitrogen and oxygen atoms in total. The van der Waals surface area contributed by atoms with Crippen molar-refractivity contribution < 1.29 is 14.3 Å². The number of rotatable bonds is 4. The zero-order chi connectivity index (χ0) is 17.1. The number of benzene rings is 2. The van der Waals surface area contributed by atoms with Crippen LogP contribution in [0.3, 0.4) is 0 Å². The summed E-state index contributed by atoms with van der Waals surface area (Å²) in [6.45, 7) is 5.90. The molecule has 0 aromatic heterocycles. The number of carbonyl (C=O) groups is 2. The van der Waals surface area contributed by atoms with E-state index in [0.29, 0.717) is 0 Å². The van der Waals surface area contributed by atoms with E-state index in [2.05, 4.69) is 0 Å². The molecule has 0 saturated heterocycles. The lowest BCUT2D eigenvalue weighted by molar-refractivity contribution is -0.155. The van der Waals surface area contributed by atoms with Crippen LogP contribution in [0.15, 0.2) is 60.7 Å². The molecular weight excluding hydrogens is 288 g/mol. The van der Waals surface area contributed by atoms with Crippen LogP contribution >= 0.6 is 0 Å². The number of ketones is 1. The Bertz CT molecular complexity index is 642. The smallest absolute Gasteiger partial charge is 0.375 e. The average Bonchev–Trinajstić information content (AvgIpc) is 2.55. The molecule has 120 valence electrons. The minimum Gasteiger partial charge on any atom is -0.463 e. The van der Waals surface area contributed by atoms with Crippen molar-refractivity contribution in [3.63, 3.8) is 0 Å². The fraction of sp³-hybridized carbons (Fsp3) is 0.300. The second-order valence-electron chi connectivity index (χ2n) is 6.55. The van der Waals surface area contributed by atoms with Crippen LogP contribution in [-0.4, -0.2) is 18.9 Å². The summed E-state index contributed by atoms with van der Waals surface area (Å²) in [5, 5.41) is 0. The monoisotopic (exact) mass is 310 g/mol. The third kappa shape index (κ3) is 2.79. The van der Waals surface area contributed by atoms with Crippen molar-refractivity contribution in [1.82, 2.24) is 0 Å². The molecule has 2 aromatic carbocycles. The first-order valence-electron chi connectivity index (χ1n) is 7.59. The number of methoxy groups -OCH3 is 1. The Morgan fingerprint density at radius 2 is 1.17 bits per heavy atom. The highest BCUT2D eigenvalue weighted by Gasteiger charge is 2.53. The Balaban J connectivity index is 2.86. The Labute approximate surface area is 137 Å². The largest absolute Gasteiger partial charge is 0.463 e. The highest BCUT2D eigenvalue weighted by atomic mass is 16.5. The van der Waals surface area contributed by atoms with Gasteiger partial charge in [0, 0.05) is 0 Å². The lowest BCUT2D eigenvalue weighted by Crippen LogP contribution is -2.51. The lowest BCUT2D eigenvalue weighted by Gasteiger charge is -2.43. The minimum atomic E-state index is -1.11. The molecule has 0 saturated carbocycles. The number of Topliss-reactive ketones (excluding diaryl/α,β-unsaturated/α-hetero) is 1. The standard InChI is InChI=1S/C20H22O3/c1-19(2,3)20(17(21)18(22)23-4,15-11-7-5-8-12-15)16-13-9-6-10-14-16/h5-14H,1-4H3. The fourth-order valence-corrected chi connectivity index (χ4v) is 3.26. The molecule has 0 unspecified atom stereocenters. The van der Waals surface area contributed by atoms with Gasteiger partial charge in [0.15, 0.2) is 0 Å². The van der Waals surface area contributed by atoms with Gasteiger partial charge in [0.2, 0.25) is 0 Å². The SMILES string of the molecule is COC(=O)C(=O)C(c1ccccc1)(c1ccccc1)C(C)(C)C. The van der Waals surface area contributed by atoms with Crippen LogP contribution < -0.4 is 0 Å². The van der Waals surface area contributed by atoms with Gasteiger partial charge >= 0.3 is 5.97 Å². The van der Waals surface area contributed by atoms with Gasteiger partial charge in [0.25, 0.3) is 5.78 Å². The van der Waals surface area contributed by atoms with Crippen molar-refractivity contribution in [2.75, 3.05) is 7.11 Å². The summed E-state index contributed by atoms with van der Waals surface area (Å²) in [5.74, 6) is -1.38. The van der Waals surface area contributed by atoms with E-state index >= 15 is 0 Å². The van der Waals surface area contributed by atoms with Gasteiger partial charge in [-0.25, -0.2) is 4.79 Å². The third-order valence-electron chi connectivity index (χ3n) is 4.25. The van der Waals surface area contributed by atoms with Gasteiger partial charge < -0.3 is 4.74 Å². The first kappa shape index (κ1) is 16.9. The predicted molar refractivity (Wildman–Crippen MR) is 90.1 cm³/mol. The molecule has 0 spiro atoms. The normalized spacial score (nSPS) is 11.8.